The van der Waals surface area contributed by atoms with Crippen LogP contribution in [-0.2, 0) is 6.42 Å². The molecular weight excluding hydrogens is 360 g/mol. The fourth-order valence-corrected chi connectivity index (χ4v) is 3.65. The summed E-state index contributed by atoms with van der Waals surface area (Å²) in [5, 5.41) is 3.83. The average Bonchev–Trinajstić information content (AvgIpc) is 2.99. The number of amides is 1. The van der Waals surface area contributed by atoms with Crippen LogP contribution < -0.4 is 10.2 Å². The Morgan fingerprint density at radius 1 is 1.22 bits per heavy atom. The van der Waals surface area contributed by atoms with Crippen LogP contribution in [0.5, 0.6) is 0 Å². The van der Waals surface area contributed by atoms with E-state index in [-0.39, 0.29) is 11.9 Å². The molecule has 0 spiro atoms. The summed E-state index contributed by atoms with van der Waals surface area (Å²) in [6, 6.07) is 15.3. The van der Waals surface area contributed by atoms with Gasteiger partial charge in [0, 0.05) is 28.6 Å². The number of carbonyl (C=O) groups excluding carboxylic acids is 1. The zero-order chi connectivity index (χ0) is 19.0. The van der Waals surface area contributed by atoms with Gasteiger partial charge in [0.05, 0.1) is 0 Å². The zero-order valence-electron chi connectivity index (χ0n) is 15.1. The molecule has 0 fully saturated rings. The summed E-state index contributed by atoms with van der Waals surface area (Å²) in [7, 11) is 0. The van der Waals surface area contributed by atoms with Gasteiger partial charge in [0.2, 0.25) is 5.95 Å². The molecule has 2 heterocycles. The molecule has 4 rings (SSSR count). The van der Waals surface area contributed by atoms with Crippen molar-refractivity contribution >= 4 is 34.8 Å². The minimum absolute atomic E-state index is 0.0970. The van der Waals surface area contributed by atoms with Crippen molar-refractivity contribution in [2.75, 3.05) is 10.2 Å². The number of aryl methyl sites for hydroxylation is 1. The number of fused-ring (bicyclic) bond motifs is 1. The van der Waals surface area contributed by atoms with Crippen LogP contribution in [0.25, 0.3) is 0 Å². The predicted molar refractivity (Wildman–Crippen MR) is 108 cm³/mol. The lowest BCUT2D eigenvalue weighted by atomic mass is 10.1. The van der Waals surface area contributed by atoms with E-state index in [1.807, 2.05) is 42.2 Å². The van der Waals surface area contributed by atoms with Crippen LogP contribution in [0.15, 0.2) is 54.7 Å². The number of rotatable bonds is 3. The van der Waals surface area contributed by atoms with Crippen LogP contribution in [0.3, 0.4) is 0 Å². The van der Waals surface area contributed by atoms with E-state index in [0.717, 1.165) is 23.4 Å². The van der Waals surface area contributed by atoms with E-state index in [1.54, 1.807) is 18.3 Å². The van der Waals surface area contributed by atoms with Crippen LogP contribution in [0.1, 0.15) is 28.5 Å². The number of carbonyl (C=O) groups is 1. The second kappa shape index (κ2) is 7.00. The van der Waals surface area contributed by atoms with E-state index in [0.29, 0.717) is 16.7 Å². The largest absolute Gasteiger partial charge is 0.324 e. The first-order valence-electron chi connectivity index (χ1n) is 8.80. The quantitative estimate of drug-likeness (QED) is 0.713. The normalized spacial score (nSPS) is 15.5. The number of hydrogen-bond acceptors (Lipinski definition) is 4. The number of halogens is 1. The molecule has 0 saturated heterocycles. The standard InChI is InChI=1S/C21H19ClN4O/c1-13-11-16(22)7-8-17(13)24-21-23-10-9-18(25-21)20(27)26-14(2)12-15-5-3-4-6-19(15)26/h3-11,14H,12H2,1-2H3,(H,23,24,25). The molecule has 27 heavy (non-hydrogen) atoms. The monoisotopic (exact) mass is 378 g/mol. The maximum Gasteiger partial charge on any atom is 0.277 e. The summed E-state index contributed by atoms with van der Waals surface area (Å²) >= 11 is 6.01. The van der Waals surface area contributed by atoms with Crippen molar-refractivity contribution in [3.8, 4) is 0 Å². The minimum atomic E-state index is -0.120. The van der Waals surface area contributed by atoms with Crippen molar-refractivity contribution in [3.05, 3.63) is 76.6 Å². The van der Waals surface area contributed by atoms with Crippen LogP contribution in [0.4, 0.5) is 17.3 Å². The van der Waals surface area contributed by atoms with Crippen molar-refractivity contribution in [2.45, 2.75) is 26.3 Å². The molecule has 0 bridgehead atoms. The van der Waals surface area contributed by atoms with Crippen LogP contribution in [-0.4, -0.2) is 21.9 Å². The van der Waals surface area contributed by atoms with E-state index in [4.69, 9.17) is 11.6 Å². The van der Waals surface area contributed by atoms with E-state index in [1.165, 1.54) is 5.56 Å². The Balaban J connectivity index is 1.62. The second-order valence-electron chi connectivity index (χ2n) is 6.71. The summed E-state index contributed by atoms with van der Waals surface area (Å²) < 4.78 is 0. The highest BCUT2D eigenvalue weighted by Gasteiger charge is 2.31. The molecule has 1 aliphatic rings. The maximum atomic E-state index is 13.1. The molecule has 2 aromatic carbocycles. The van der Waals surface area contributed by atoms with E-state index in [9.17, 15) is 4.79 Å². The molecule has 136 valence electrons. The van der Waals surface area contributed by atoms with Crippen LogP contribution in [0, 0.1) is 6.92 Å². The Morgan fingerprint density at radius 3 is 2.85 bits per heavy atom. The zero-order valence-corrected chi connectivity index (χ0v) is 15.9. The van der Waals surface area contributed by atoms with Gasteiger partial charge in [0.25, 0.3) is 5.91 Å². The number of hydrogen-bond donors (Lipinski definition) is 1. The molecular formula is C21H19ClN4O. The molecule has 5 nitrogen and oxygen atoms in total. The van der Waals surface area contributed by atoms with Crippen LogP contribution >= 0.6 is 11.6 Å². The van der Waals surface area contributed by atoms with E-state index < -0.39 is 0 Å². The van der Waals surface area contributed by atoms with Gasteiger partial charge in [-0.15, -0.1) is 0 Å². The number of nitrogens with zero attached hydrogens (tertiary/aromatic N) is 3. The maximum absolute atomic E-state index is 13.1. The van der Waals surface area contributed by atoms with Crippen molar-refractivity contribution in [1.82, 2.24) is 9.97 Å². The van der Waals surface area contributed by atoms with Crippen molar-refractivity contribution in [2.24, 2.45) is 0 Å². The molecule has 0 saturated carbocycles. The van der Waals surface area contributed by atoms with Gasteiger partial charge >= 0.3 is 0 Å². The van der Waals surface area contributed by atoms with Crippen molar-refractivity contribution in [3.63, 3.8) is 0 Å². The van der Waals surface area contributed by atoms with Crippen molar-refractivity contribution in [1.29, 1.82) is 0 Å². The summed E-state index contributed by atoms with van der Waals surface area (Å²) in [5.74, 6) is 0.261. The van der Waals surface area contributed by atoms with E-state index in [2.05, 4.69) is 28.3 Å². The SMILES string of the molecule is Cc1cc(Cl)ccc1Nc1nccc(C(=O)N2c3ccccc3CC2C)n1. The smallest absolute Gasteiger partial charge is 0.277 e. The summed E-state index contributed by atoms with van der Waals surface area (Å²) in [6.45, 7) is 4.00. The lowest BCUT2D eigenvalue weighted by Crippen LogP contribution is -2.36. The summed E-state index contributed by atoms with van der Waals surface area (Å²) in [6.07, 6.45) is 2.45. The van der Waals surface area contributed by atoms with Crippen molar-refractivity contribution < 1.29 is 4.79 Å². The molecule has 0 aliphatic carbocycles. The fraction of sp³-hybridized carbons (Fsp3) is 0.190. The number of anilines is 3. The number of nitrogens with one attached hydrogen (secondary N) is 1. The Labute approximate surface area is 163 Å². The Kier molecular flexibility index (Phi) is 4.54. The molecule has 1 N–H and O–H groups in total. The molecule has 1 aromatic heterocycles. The minimum Gasteiger partial charge on any atom is -0.324 e. The van der Waals surface area contributed by atoms with E-state index >= 15 is 0 Å². The van der Waals surface area contributed by atoms with Gasteiger partial charge in [-0.05, 0) is 61.7 Å². The molecule has 1 atom stereocenters. The highest BCUT2D eigenvalue weighted by atomic mass is 35.5. The number of para-hydroxylation sites is 1. The predicted octanol–water partition coefficient (Wildman–Crippen LogP) is 4.77. The van der Waals surface area contributed by atoms with Crippen LogP contribution in [0.2, 0.25) is 5.02 Å². The van der Waals surface area contributed by atoms with Gasteiger partial charge in [-0.2, -0.15) is 0 Å². The van der Waals surface area contributed by atoms with Gasteiger partial charge in [-0.3, -0.25) is 4.79 Å². The Hall–Kier alpha value is -2.92. The fourth-order valence-electron chi connectivity index (χ4n) is 3.42. The molecule has 3 aromatic rings. The first-order valence-corrected chi connectivity index (χ1v) is 9.18. The third-order valence-corrected chi connectivity index (χ3v) is 4.97. The summed E-state index contributed by atoms with van der Waals surface area (Å²) in [5.41, 5.74) is 4.33. The molecule has 1 unspecified atom stereocenters. The summed E-state index contributed by atoms with van der Waals surface area (Å²) in [4.78, 5) is 23.6. The molecule has 6 heteroatoms. The molecule has 1 amide bonds. The van der Waals surface area contributed by atoms with Gasteiger partial charge in [0.15, 0.2) is 0 Å². The first-order chi connectivity index (χ1) is 13.0. The van der Waals surface area contributed by atoms with Gasteiger partial charge in [-0.1, -0.05) is 29.8 Å². The average molecular weight is 379 g/mol. The third kappa shape index (κ3) is 3.38. The second-order valence-corrected chi connectivity index (χ2v) is 7.14. The highest BCUT2D eigenvalue weighted by Crippen LogP contribution is 2.33. The number of benzene rings is 2. The third-order valence-electron chi connectivity index (χ3n) is 4.74. The Morgan fingerprint density at radius 2 is 2.04 bits per heavy atom. The molecule has 1 aliphatic heterocycles. The number of aromatic nitrogens is 2. The van der Waals surface area contributed by atoms with Gasteiger partial charge in [0.1, 0.15) is 5.69 Å². The lowest BCUT2D eigenvalue weighted by Gasteiger charge is -2.22. The lowest BCUT2D eigenvalue weighted by molar-refractivity contribution is 0.0976. The topological polar surface area (TPSA) is 58.1 Å². The van der Waals surface area contributed by atoms with Gasteiger partial charge in [-0.25, -0.2) is 9.97 Å². The molecule has 0 radical (unpaired) electrons. The van der Waals surface area contributed by atoms with Gasteiger partial charge < -0.3 is 10.2 Å². The Bertz CT molecular complexity index is 1020. The first kappa shape index (κ1) is 17.5. The highest BCUT2D eigenvalue weighted by molar-refractivity contribution is 6.30.